The van der Waals surface area contributed by atoms with Crippen LogP contribution in [-0.2, 0) is 11.3 Å². The van der Waals surface area contributed by atoms with Crippen LogP contribution in [0.4, 0.5) is 10.1 Å². The van der Waals surface area contributed by atoms with Crippen molar-refractivity contribution < 1.29 is 9.18 Å². The molecule has 0 aliphatic carbocycles. The van der Waals surface area contributed by atoms with Gasteiger partial charge in [-0.05, 0) is 49.9 Å². The van der Waals surface area contributed by atoms with Crippen molar-refractivity contribution in [3.63, 3.8) is 0 Å². The van der Waals surface area contributed by atoms with E-state index in [4.69, 9.17) is 5.26 Å². The van der Waals surface area contributed by atoms with Crippen molar-refractivity contribution in [2.75, 3.05) is 12.4 Å². The molecule has 5 heteroatoms. The molecule has 0 fully saturated rings. The first-order valence-corrected chi connectivity index (χ1v) is 7.25. The van der Waals surface area contributed by atoms with Gasteiger partial charge in [0.15, 0.2) is 0 Å². The predicted molar refractivity (Wildman–Crippen MR) is 87.1 cm³/mol. The molecule has 0 bridgehead atoms. The third-order valence-electron chi connectivity index (χ3n) is 3.62. The van der Waals surface area contributed by atoms with Crippen LogP contribution < -0.4 is 5.32 Å². The highest BCUT2D eigenvalue weighted by Crippen LogP contribution is 2.13. The van der Waals surface area contributed by atoms with Gasteiger partial charge < -0.3 is 5.32 Å². The molecule has 0 saturated heterocycles. The molecule has 0 heterocycles. The van der Waals surface area contributed by atoms with E-state index in [0.29, 0.717) is 17.8 Å². The summed E-state index contributed by atoms with van der Waals surface area (Å²) < 4.78 is 13.2. The summed E-state index contributed by atoms with van der Waals surface area (Å²) in [6, 6.07) is 14.7. The number of nitrogens with zero attached hydrogens (tertiary/aromatic N) is 2. The highest BCUT2D eigenvalue weighted by Gasteiger charge is 2.18. The van der Waals surface area contributed by atoms with E-state index in [2.05, 4.69) is 5.32 Å². The fraction of sp³-hybridized carbons (Fsp3) is 0.222. The van der Waals surface area contributed by atoms with Crippen LogP contribution in [0.2, 0.25) is 0 Å². The van der Waals surface area contributed by atoms with E-state index in [0.717, 1.165) is 5.56 Å². The minimum absolute atomic E-state index is 0.181. The Morgan fingerprint density at radius 2 is 2.04 bits per heavy atom. The summed E-state index contributed by atoms with van der Waals surface area (Å²) in [5.74, 6) is -0.472. The number of likely N-dealkylation sites (N-methyl/N-ethyl adjacent to an activating group) is 1. The van der Waals surface area contributed by atoms with Gasteiger partial charge in [0.05, 0.1) is 17.7 Å². The normalized spacial score (nSPS) is 11.8. The van der Waals surface area contributed by atoms with Crippen LogP contribution in [0, 0.1) is 17.1 Å². The molecule has 2 rings (SSSR count). The Bertz CT molecular complexity index is 739. The minimum Gasteiger partial charge on any atom is -0.325 e. The predicted octanol–water partition coefficient (Wildman–Crippen LogP) is 3.16. The third-order valence-corrected chi connectivity index (χ3v) is 3.62. The average Bonchev–Trinajstić information content (AvgIpc) is 2.54. The summed E-state index contributed by atoms with van der Waals surface area (Å²) in [5, 5.41) is 11.7. The van der Waals surface area contributed by atoms with Gasteiger partial charge in [-0.25, -0.2) is 4.39 Å². The lowest BCUT2D eigenvalue weighted by Gasteiger charge is -2.24. The topological polar surface area (TPSA) is 56.1 Å². The maximum Gasteiger partial charge on any atom is 0.241 e. The van der Waals surface area contributed by atoms with Crippen molar-refractivity contribution in [2.24, 2.45) is 0 Å². The Labute approximate surface area is 135 Å². The number of carbonyl (C=O) groups excluding carboxylic acids is 1. The molecule has 1 amide bonds. The standard InChI is InChI=1S/C18H18FN3O/c1-13(22(2)12-15-6-3-7-16(19)9-15)18(23)21-17-8-4-5-14(10-17)11-20/h3-10,13H,12H2,1-2H3,(H,21,23)/t13-/m1/s1. The van der Waals surface area contributed by atoms with Crippen molar-refractivity contribution in [1.29, 1.82) is 5.26 Å². The molecule has 0 aromatic heterocycles. The second kappa shape index (κ2) is 7.52. The number of nitrogens with one attached hydrogen (secondary N) is 1. The maximum absolute atomic E-state index is 13.2. The lowest BCUT2D eigenvalue weighted by atomic mass is 10.1. The number of halogens is 1. The molecule has 0 aliphatic heterocycles. The van der Waals surface area contributed by atoms with E-state index in [1.807, 2.05) is 17.0 Å². The maximum atomic E-state index is 13.2. The molecule has 1 N–H and O–H groups in total. The molecule has 2 aromatic carbocycles. The zero-order valence-electron chi connectivity index (χ0n) is 13.1. The second-order valence-corrected chi connectivity index (χ2v) is 5.40. The smallest absolute Gasteiger partial charge is 0.241 e. The quantitative estimate of drug-likeness (QED) is 0.923. The molecule has 118 valence electrons. The van der Waals surface area contributed by atoms with Gasteiger partial charge in [-0.15, -0.1) is 0 Å². The Hall–Kier alpha value is -2.71. The van der Waals surface area contributed by atoms with Crippen molar-refractivity contribution in [2.45, 2.75) is 19.5 Å². The number of benzene rings is 2. The largest absolute Gasteiger partial charge is 0.325 e. The molecule has 1 atom stereocenters. The number of amides is 1. The van der Waals surface area contributed by atoms with Crippen molar-refractivity contribution >= 4 is 11.6 Å². The molecular weight excluding hydrogens is 293 g/mol. The molecule has 0 unspecified atom stereocenters. The molecule has 2 aromatic rings. The minimum atomic E-state index is -0.399. The Morgan fingerprint density at radius 3 is 2.74 bits per heavy atom. The van der Waals surface area contributed by atoms with Crippen molar-refractivity contribution in [3.05, 3.63) is 65.5 Å². The van der Waals surface area contributed by atoms with Gasteiger partial charge >= 0.3 is 0 Å². The fourth-order valence-electron chi connectivity index (χ4n) is 2.17. The number of hydrogen-bond acceptors (Lipinski definition) is 3. The molecule has 23 heavy (non-hydrogen) atoms. The number of anilines is 1. The van der Waals surface area contributed by atoms with Crippen molar-refractivity contribution in [3.8, 4) is 6.07 Å². The van der Waals surface area contributed by atoms with Gasteiger partial charge in [0.2, 0.25) is 5.91 Å². The van der Waals surface area contributed by atoms with Crippen LogP contribution in [0.1, 0.15) is 18.1 Å². The van der Waals surface area contributed by atoms with E-state index in [9.17, 15) is 9.18 Å². The van der Waals surface area contributed by atoms with Crippen molar-refractivity contribution in [1.82, 2.24) is 4.90 Å². The van der Waals surface area contributed by atoms with E-state index < -0.39 is 6.04 Å². The van der Waals surface area contributed by atoms with E-state index in [-0.39, 0.29) is 11.7 Å². The highest BCUT2D eigenvalue weighted by molar-refractivity contribution is 5.94. The van der Waals surface area contributed by atoms with Gasteiger partial charge in [-0.3, -0.25) is 9.69 Å². The zero-order valence-corrected chi connectivity index (χ0v) is 13.1. The summed E-state index contributed by atoms with van der Waals surface area (Å²) in [5.41, 5.74) is 1.88. The first kappa shape index (κ1) is 16.7. The second-order valence-electron chi connectivity index (χ2n) is 5.40. The first-order chi connectivity index (χ1) is 11.0. The number of nitriles is 1. The van der Waals surface area contributed by atoms with Crippen LogP contribution in [0.15, 0.2) is 48.5 Å². The Balaban J connectivity index is 1.99. The summed E-state index contributed by atoms with van der Waals surface area (Å²) in [7, 11) is 1.81. The van der Waals surface area contributed by atoms with Crippen LogP contribution in [0.5, 0.6) is 0 Å². The van der Waals surface area contributed by atoms with Crippen LogP contribution >= 0.6 is 0 Å². The summed E-state index contributed by atoms with van der Waals surface area (Å²) in [4.78, 5) is 14.1. The number of carbonyl (C=O) groups is 1. The summed E-state index contributed by atoms with van der Waals surface area (Å²) in [6.45, 7) is 2.24. The molecular formula is C18H18FN3O. The zero-order chi connectivity index (χ0) is 16.8. The first-order valence-electron chi connectivity index (χ1n) is 7.25. The van der Waals surface area contributed by atoms with Gasteiger partial charge in [-0.2, -0.15) is 5.26 Å². The Morgan fingerprint density at radius 1 is 1.30 bits per heavy atom. The summed E-state index contributed by atoms with van der Waals surface area (Å²) in [6.07, 6.45) is 0. The fourth-order valence-corrected chi connectivity index (χ4v) is 2.17. The van der Waals surface area contributed by atoms with Crippen LogP contribution in [0.3, 0.4) is 0 Å². The number of rotatable bonds is 5. The van der Waals surface area contributed by atoms with Gasteiger partial charge in [0.1, 0.15) is 5.82 Å². The number of hydrogen-bond donors (Lipinski definition) is 1. The van der Waals surface area contributed by atoms with Gasteiger partial charge in [-0.1, -0.05) is 18.2 Å². The molecule has 0 aliphatic rings. The van der Waals surface area contributed by atoms with E-state index >= 15 is 0 Å². The lowest BCUT2D eigenvalue weighted by Crippen LogP contribution is -2.39. The van der Waals surface area contributed by atoms with Gasteiger partial charge in [0.25, 0.3) is 0 Å². The van der Waals surface area contributed by atoms with Gasteiger partial charge in [0, 0.05) is 12.2 Å². The average molecular weight is 311 g/mol. The molecule has 4 nitrogen and oxygen atoms in total. The monoisotopic (exact) mass is 311 g/mol. The third kappa shape index (κ3) is 4.63. The van der Waals surface area contributed by atoms with Crippen LogP contribution in [0.25, 0.3) is 0 Å². The Kier molecular flexibility index (Phi) is 5.45. The molecule has 0 spiro atoms. The SMILES string of the molecule is C[C@H](C(=O)Nc1cccc(C#N)c1)N(C)Cc1cccc(F)c1. The van der Waals surface area contributed by atoms with E-state index in [1.165, 1.54) is 12.1 Å². The highest BCUT2D eigenvalue weighted by atomic mass is 19.1. The van der Waals surface area contributed by atoms with Crippen LogP contribution in [-0.4, -0.2) is 23.9 Å². The lowest BCUT2D eigenvalue weighted by molar-refractivity contribution is -0.120. The molecule has 0 saturated carbocycles. The molecule has 0 radical (unpaired) electrons. The van der Waals surface area contributed by atoms with E-state index in [1.54, 1.807) is 44.3 Å². The summed E-state index contributed by atoms with van der Waals surface area (Å²) >= 11 is 0.